The lowest BCUT2D eigenvalue weighted by molar-refractivity contribution is -0.135. The van der Waals surface area contributed by atoms with Gasteiger partial charge in [-0.15, -0.1) is 0 Å². The summed E-state index contributed by atoms with van der Waals surface area (Å²) >= 11 is 6.51. The second-order valence-electron chi connectivity index (χ2n) is 8.72. The average molecular weight is 480 g/mol. The fraction of sp³-hybridized carbons (Fsp3) is 0.292. The van der Waals surface area contributed by atoms with Crippen molar-refractivity contribution < 1.29 is 19.5 Å². The van der Waals surface area contributed by atoms with Crippen molar-refractivity contribution >= 4 is 46.5 Å². The number of aliphatic imine (C=N–C) groups is 1. The van der Waals surface area contributed by atoms with Gasteiger partial charge in [-0.1, -0.05) is 35.9 Å². The summed E-state index contributed by atoms with van der Waals surface area (Å²) in [5.74, 6) is -1.94. The van der Waals surface area contributed by atoms with E-state index in [4.69, 9.17) is 27.4 Å². The van der Waals surface area contributed by atoms with E-state index in [1.165, 1.54) is 0 Å². The first kappa shape index (κ1) is 22.1. The van der Waals surface area contributed by atoms with Crippen LogP contribution in [0, 0.1) is 17.8 Å². The van der Waals surface area contributed by atoms with E-state index in [2.05, 4.69) is 27.8 Å². The van der Waals surface area contributed by atoms with Crippen molar-refractivity contribution in [2.45, 2.75) is 18.9 Å². The lowest BCUT2D eigenvalue weighted by Gasteiger charge is -2.28. The Morgan fingerprint density at radius 2 is 2.00 bits per heavy atom. The van der Waals surface area contributed by atoms with Gasteiger partial charge in [0.05, 0.1) is 28.0 Å². The van der Waals surface area contributed by atoms with Crippen LogP contribution in [0.2, 0.25) is 5.02 Å². The number of nitrogens with zero attached hydrogens (tertiary/aromatic N) is 2. The van der Waals surface area contributed by atoms with Gasteiger partial charge in [0.1, 0.15) is 12.2 Å². The molecule has 1 aromatic heterocycles. The van der Waals surface area contributed by atoms with Gasteiger partial charge in [0.15, 0.2) is 0 Å². The number of aromatic nitrogens is 1. The molecule has 2 amide bonds. The molecule has 10 heteroatoms. The number of amides is 2. The minimum absolute atomic E-state index is 0.128. The summed E-state index contributed by atoms with van der Waals surface area (Å²) in [7, 11) is 0. The Hall–Kier alpha value is -3.72. The monoisotopic (exact) mass is 479 g/mol. The van der Waals surface area contributed by atoms with Crippen molar-refractivity contribution in [1.82, 2.24) is 10.3 Å². The molecule has 174 valence electrons. The van der Waals surface area contributed by atoms with Gasteiger partial charge < -0.3 is 21.5 Å². The highest BCUT2D eigenvalue weighted by Gasteiger charge is 2.48. The number of primary amides is 1. The molecule has 0 spiro atoms. The summed E-state index contributed by atoms with van der Waals surface area (Å²) in [4.78, 5) is 44.4. The first-order valence-electron chi connectivity index (χ1n) is 10.9. The normalized spacial score (nSPS) is 24.0. The van der Waals surface area contributed by atoms with Gasteiger partial charge in [0, 0.05) is 24.2 Å². The average Bonchev–Trinajstić information content (AvgIpc) is 3.54. The van der Waals surface area contributed by atoms with Crippen molar-refractivity contribution in [3.8, 4) is 0 Å². The summed E-state index contributed by atoms with van der Waals surface area (Å²) < 4.78 is 0. The molecule has 2 heterocycles. The molecule has 4 atom stereocenters. The van der Waals surface area contributed by atoms with Gasteiger partial charge in [-0.05, 0) is 36.0 Å². The molecule has 3 aliphatic rings. The molecule has 1 saturated carbocycles. The number of anilines is 1. The van der Waals surface area contributed by atoms with Gasteiger partial charge in [-0.3, -0.25) is 19.4 Å². The van der Waals surface area contributed by atoms with Crippen LogP contribution in [0.3, 0.4) is 0 Å². The maximum atomic E-state index is 12.3. The van der Waals surface area contributed by atoms with Crippen LogP contribution in [0.25, 0.3) is 0 Å². The van der Waals surface area contributed by atoms with E-state index in [0.29, 0.717) is 34.1 Å². The molecule has 2 bridgehead atoms. The largest absolute Gasteiger partial charge is 0.480 e. The number of fused-ring (bicyclic) bond motifs is 3. The van der Waals surface area contributed by atoms with E-state index in [0.717, 1.165) is 17.7 Å². The Labute approximate surface area is 200 Å². The third-order valence-electron chi connectivity index (χ3n) is 6.62. The van der Waals surface area contributed by atoms with E-state index in [1.807, 2.05) is 6.07 Å². The molecule has 9 nitrogen and oxygen atoms in total. The molecule has 1 aromatic carbocycles. The highest BCUT2D eigenvalue weighted by Crippen LogP contribution is 2.47. The summed E-state index contributed by atoms with van der Waals surface area (Å²) in [5, 5.41) is 15.0. The Kier molecular flexibility index (Phi) is 5.57. The lowest BCUT2D eigenvalue weighted by Crippen LogP contribution is -2.41. The van der Waals surface area contributed by atoms with Crippen LogP contribution in [0.4, 0.5) is 11.4 Å². The van der Waals surface area contributed by atoms with E-state index < -0.39 is 18.4 Å². The summed E-state index contributed by atoms with van der Waals surface area (Å²) in [6, 6.07) is 6.65. The van der Waals surface area contributed by atoms with Gasteiger partial charge in [0.2, 0.25) is 5.91 Å². The predicted octanol–water partition coefficient (Wildman–Crippen LogP) is 2.31. The molecule has 1 fully saturated rings. The molecule has 5 rings (SSSR count). The number of aliphatic carboxylic acids is 1. The third-order valence-corrected chi connectivity index (χ3v) is 6.91. The number of pyridine rings is 1. The molecule has 0 saturated heterocycles. The number of rotatable bonds is 7. The zero-order chi connectivity index (χ0) is 24.0. The van der Waals surface area contributed by atoms with Crippen molar-refractivity contribution in [2.24, 2.45) is 28.5 Å². The van der Waals surface area contributed by atoms with Crippen LogP contribution in [-0.4, -0.2) is 46.2 Å². The molecule has 5 N–H and O–H groups in total. The van der Waals surface area contributed by atoms with Crippen LogP contribution < -0.4 is 16.4 Å². The number of hydrogen-bond acceptors (Lipinski definition) is 6. The number of allylic oxidation sites excluding steroid dienone is 1. The maximum absolute atomic E-state index is 12.3. The Morgan fingerprint density at radius 3 is 2.76 bits per heavy atom. The van der Waals surface area contributed by atoms with E-state index >= 15 is 0 Å². The van der Waals surface area contributed by atoms with Crippen LogP contribution in [0.1, 0.15) is 28.0 Å². The summed E-state index contributed by atoms with van der Waals surface area (Å²) in [6.45, 7) is -0.461. The molecule has 0 radical (unpaired) electrons. The highest BCUT2D eigenvalue weighted by molar-refractivity contribution is 6.34. The quantitative estimate of drug-likeness (QED) is 0.448. The second kappa shape index (κ2) is 8.57. The highest BCUT2D eigenvalue weighted by atomic mass is 35.5. The number of nitrogens with one attached hydrogen (secondary N) is 2. The number of carboxylic acid groups (broad SMARTS) is 1. The number of hydrogen-bond donors (Lipinski definition) is 4. The van der Waals surface area contributed by atoms with Crippen LogP contribution in [0.15, 0.2) is 47.6 Å². The van der Waals surface area contributed by atoms with E-state index in [1.54, 1.807) is 24.4 Å². The first-order chi connectivity index (χ1) is 16.3. The molecule has 1 aliphatic heterocycles. The zero-order valence-corrected chi connectivity index (χ0v) is 18.7. The van der Waals surface area contributed by atoms with Crippen molar-refractivity contribution in [3.63, 3.8) is 0 Å². The van der Waals surface area contributed by atoms with Crippen LogP contribution in [0.5, 0.6) is 0 Å². The lowest BCUT2D eigenvalue weighted by atomic mass is 9.88. The fourth-order valence-corrected chi connectivity index (χ4v) is 5.27. The number of halogens is 1. The number of nitrogens with two attached hydrogens (primary N) is 1. The summed E-state index contributed by atoms with van der Waals surface area (Å²) in [6.07, 6.45) is 7.07. The fourth-order valence-electron chi connectivity index (χ4n) is 5.08. The minimum Gasteiger partial charge on any atom is -0.480 e. The number of carbonyl (C=O) groups is 3. The Morgan fingerprint density at radius 1 is 1.21 bits per heavy atom. The molecule has 2 aliphatic carbocycles. The SMILES string of the molecule is NC(=O)[C@@H]1[C@H](Nc2c(Cl)cnc3c2N=C(c2cccc(C(=O)NCC(=O)O)c2)C3)[C@H]2C=C[C@@H]1C2. The topological polar surface area (TPSA) is 147 Å². The molecule has 0 unspecified atom stereocenters. The van der Waals surface area contributed by atoms with Crippen molar-refractivity contribution in [1.29, 1.82) is 0 Å². The summed E-state index contributed by atoms with van der Waals surface area (Å²) in [5.41, 5.74) is 9.43. The van der Waals surface area contributed by atoms with Crippen LogP contribution in [-0.2, 0) is 16.0 Å². The van der Waals surface area contributed by atoms with Gasteiger partial charge in [0.25, 0.3) is 5.91 Å². The van der Waals surface area contributed by atoms with Crippen molar-refractivity contribution in [2.75, 3.05) is 11.9 Å². The number of benzene rings is 1. The van der Waals surface area contributed by atoms with E-state index in [-0.39, 0.29) is 29.7 Å². The van der Waals surface area contributed by atoms with Crippen molar-refractivity contribution in [3.05, 3.63) is 64.5 Å². The minimum atomic E-state index is -1.12. The van der Waals surface area contributed by atoms with Gasteiger partial charge in [-0.2, -0.15) is 0 Å². The Balaban J connectivity index is 1.43. The first-order valence-corrected chi connectivity index (χ1v) is 11.3. The molecule has 2 aromatic rings. The standard InChI is InChI=1S/C24H22ClN5O4/c25-15-9-27-17-8-16(11-2-1-3-14(6-11)24(34)28-10-18(31)32)29-22(17)21(15)30-20-13-5-4-12(7-13)19(20)23(26)33/h1-6,9,12-13,19-20H,7-8,10H2,(H2,26,33)(H,27,30)(H,28,34)(H,31,32)/t12-,13+,19+,20-/m1/s1. The number of carbonyl (C=O) groups excluding carboxylic acids is 2. The van der Waals surface area contributed by atoms with Gasteiger partial charge in [-0.25, -0.2) is 4.99 Å². The van der Waals surface area contributed by atoms with E-state index in [9.17, 15) is 14.4 Å². The second-order valence-corrected chi connectivity index (χ2v) is 9.12. The molecule has 34 heavy (non-hydrogen) atoms. The third kappa shape index (κ3) is 3.92. The Bertz CT molecular complexity index is 1270. The maximum Gasteiger partial charge on any atom is 0.322 e. The smallest absolute Gasteiger partial charge is 0.322 e. The van der Waals surface area contributed by atoms with Crippen LogP contribution >= 0.6 is 11.6 Å². The molecular formula is C24H22ClN5O4. The zero-order valence-electron chi connectivity index (χ0n) is 18.0. The molecular weight excluding hydrogens is 458 g/mol. The number of carboxylic acids is 1. The van der Waals surface area contributed by atoms with Gasteiger partial charge >= 0.3 is 5.97 Å². The predicted molar refractivity (Wildman–Crippen MR) is 126 cm³/mol.